The standard InChI is InChI=1S/C11H14N2O/c1-8(14)5-9-3-4-11-10(6-9)12-7-13(11)2/h3-4,6-8,14H,5H2,1-2H3/t8-/m1/s1. The highest BCUT2D eigenvalue weighted by Gasteiger charge is 2.03. The van der Waals surface area contributed by atoms with Gasteiger partial charge in [0.2, 0.25) is 0 Å². The van der Waals surface area contributed by atoms with Gasteiger partial charge in [0.15, 0.2) is 0 Å². The fourth-order valence-electron chi connectivity index (χ4n) is 1.65. The van der Waals surface area contributed by atoms with Crippen molar-refractivity contribution in [3.63, 3.8) is 0 Å². The Morgan fingerprint density at radius 2 is 2.29 bits per heavy atom. The van der Waals surface area contributed by atoms with Crippen molar-refractivity contribution in [3.8, 4) is 0 Å². The van der Waals surface area contributed by atoms with Gasteiger partial charge < -0.3 is 9.67 Å². The first-order valence-electron chi connectivity index (χ1n) is 4.75. The number of imidazole rings is 1. The van der Waals surface area contributed by atoms with E-state index in [-0.39, 0.29) is 6.10 Å². The molecule has 0 radical (unpaired) electrons. The van der Waals surface area contributed by atoms with Gasteiger partial charge in [0, 0.05) is 7.05 Å². The van der Waals surface area contributed by atoms with Gasteiger partial charge in [-0.25, -0.2) is 4.98 Å². The maximum Gasteiger partial charge on any atom is 0.0955 e. The predicted octanol–water partition coefficient (Wildman–Crippen LogP) is 1.50. The van der Waals surface area contributed by atoms with Gasteiger partial charge in [0.05, 0.1) is 23.5 Å². The summed E-state index contributed by atoms with van der Waals surface area (Å²) in [4.78, 5) is 4.27. The molecule has 0 fully saturated rings. The van der Waals surface area contributed by atoms with Gasteiger partial charge in [-0.3, -0.25) is 0 Å². The molecule has 3 heteroatoms. The molecule has 3 nitrogen and oxygen atoms in total. The van der Waals surface area contributed by atoms with E-state index in [0.717, 1.165) is 16.6 Å². The SMILES string of the molecule is C[C@@H](O)Cc1ccc2c(c1)ncn2C. The molecule has 1 N–H and O–H groups in total. The van der Waals surface area contributed by atoms with Crippen molar-refractivity contribution in [1.29, 1.82) is 0 Å². The van der Waals surface area contributed by atoms with Crippen molar-refractivity contribution in [2.45, 2.75) is 19.4 Å². The lowest BCUT2D eigenvalue weighted by molar-refractivity contribution is 0.195. The third-order valence-electron chi connectivity index (χ3n) is 2.32. The third-order valence-corrected chi connectivity index (χ3v) is 2.32. The van der Waals surface area contributed by atoms with Gasteiger partial charge in [-0.2, -0.15) is 0 Å². The molecule has 0 aliphatic carbocycles. The van der Waals surface area contributed by atoms with E-state index in [1.807, 2.05) is 29.8 Å². The number of nitrogens with zero attached hydrogens (tertiary/aromatic N) is 2. The smallest absolute Gasteiger partial charge is 0.0955 e. The Kier molecular flexibility index (Phi) is 2.25. The van der Waals surface area contributed by atoms with Crippen LogP contribution >= 0.6 is 0 Å². The molecule has 0 unspecified atom stereocenters. The number of aromatic nitrogens is 2. The van der Waals surface area contributed by atoms with Crippen LogP contribution in [-0.2, 0) is 13.5 Å². The molecule has 2 aromatic rings. The zero-order chi connectivity index (χ0) is 10.1. The van der Waals surface area contributed by atoms with E-state index in [1.165, 1.54) is 0 Å². The Labute approximate surface area is 83.0 Å². The number of benzene rings is 1. The molecule has 0 spiro atoms. The lowest BCUT2D eigenvalue weighted by Crippen LogP contribution is -2.03. The summed E-state index contributed by atoms with van der Waals surface area (Å²) in [6, 6.07) is 6.11. The van der Waals surface area contributed by atoms with E-state index in [2.05, 4.69) is 4.98 Å². The average molecular weight is 190 g/mol. The quantitative estimate of drug-likeness (QED) is 0.779. The minimum Gasteiger partial charge on any atom is -0.393 e. The van der Waals surface area contributed by atoms with Crippen LogP contribution in [0.2, 0.25) is 0 Å². The third kappa shape index (κ3) is 1.63. The molecule has 1 heterocycles. The predicted molar refractivity (Wildman–Crippen MR) is 56.1 cm³/mol. The first-order valence-corrected chi connectivity index (χ1v) is 4.75. The molecular weight excluding hydrogens is 176 g/mol. The molecule has 74 valence electrons. The summed E-state index contributed by atoms with van der Waals surface area (Å²) < 4.78 is 1.99. The summed E-state index contributed by atoms with van der Waals surface area (Å²) in [5, 5.41) is 9.26. The number of aliphatic hydroxyl groups is 1. The fraction of sp³-hybridized carbons (Fsp3) is 0.364. The Morgan fingerprint density at radius 1 is 1.50 bits per heavy atom. The minimum atomic E-state index is -0.295. The molecular formula is C11H14N2O. The maximum absolute atomic E-state index is 9.26. The molecule has 0 aliphatic heterocycles. The first kappa shape index (κ1) is 9.21. The molecule has 0 saturated carbocycles. The van der Waals surface area contributed by atoms with Crippen LogP contribution in [0, 0.1) is 0 Å². The molecule has 1 aromatic carbocycles. The Hall–Kier alpha value is -1.35. The topological polar surface area (TPSA) is 38.1 Å². The van der Waals surface area contributed by atoms with E-state index in [4.69, 9.17) is 0 Å². The van der Waals surface area contributed by atoms with Crippen molar-refractivity contribution >= 4 is 11.0 Å². The zero-order valence-electron chi connectivity index (χ0n) is 8.44. The highest BCUT2D eigenvalue weighted by atomic mass is 16.3. The summed E-state index contributed by atoms with van der Waals surface area (Å²) in [6.07, 6.45) is 2.19. The van der Waals surface area contributed by atoms with Gasteiger partial charge >= 0.3 is 0 Å². The minimum absolute atomic E-state index is 0.295. The van der Waals surface area contributed by atoms with Crippen molar-refractivity contribution < 1.29 is 5.11 Å². The molecule has 1 aromatic heterocycles. The van der Waals surface area contributed by atoms with E-state index in [1.54, 1.807) is 13.3 Å². The molecule has 0 saturated heterocycles. The van der Waals surface area contributed by atoms with Crippen LogP contribution in [0.5, 0.6) is 0 Å². The van der Waals surface area contributed by atoms with Gasteiger partial charge in [0.1, 0.15) is 0 Å². The van der Waals surface area contributed by atoms with Crippen LogP contribution in [0.4, 0.5) is 0 Å². The van der Waals surface area contributed by atoms with E-state index in [0.29, 0.717) is 6.42 Å². The van der Waals surface area contributed by atoms with Crippen LogP contribution in [0.3, 0.4) is 0 Å². The molecule has 0 amide bonds. The van der Waals surface area contributed by atoms with Crippen molar-refractivity contribution in [3.05, 3.63) is 30.1 Å². The van der Waals surface area contributed by atoms with Crippen molar-refractivity contribution in [2.75, 3.05) is 0 Å². The van der Waals surface area contributed by atoms with Crippen LogP contribution in [-0.4, -0.2) is 20.8 Å². The van der Waals surface area contributed by atoms with Crippen LogP contribution in [0.25, 0.3) is 11.0 Å². The number of aliphatic hydroxyl groups excluding tert-OH is 1. The van der Waals surface area contributed by atoms with Crippen molar-refractivity contribution in [2.24, 2.45) is 7.05 Å². The second-order valence-electron chi connectivity index (χ2n) is 3.73. The summed E-state index contributed by atoms with van der Waals surface area (Å²) in [5.74, 6) is 0. The Bertz CT molecular complexity index is 445. The van der Waals surface area contributed by atoms with E-state index in [9.17, 15) is 5.11 Å². The summed E-state index contributed by atoms with van der Waals surface area (Å²) >= 11 is 0. The molecule has 2 rings (SSSR count). The highest BCUT2D eigenvalue weighted by Crippen LogP contribution is 2.14. The zero-order valence-corrected chi connectivity index (χ0v) is 8.44. The van der Waals surface area contributed by atoms with Gasteiger partial charge in [-0.1, -0.05) is 6.07 Å². The molecule has 14 heavy (non-hydrogen) atoms. The molecule has 0 bridgehead atoms. The lowest BCUT2D eigenvalue weighted by Gasteiger charge is -2.03. The van der Waals surface area contributed by atoms with Crippen molar-refractivity contribution in [1.82, 2.24) is 9.55 Å². The number of rotatable bonds is 2. The first-order chi connectivity index (χ1) is 6.66. The van der Waals surface area contributed by atoms with E-state index >= 15 is 0 Å². The summed E-state index contributed by atoms with van der Waals surface area (Å²) in [5.41, 5.74) is 3.25. The fourth-order valence-corrected chi connectivity index (χ4v) is 1.65. The number of fused-ring (bicyclic) bond motifs is 1. The van der Waals surface area contributed by atoms with Gasteiger partial charge in [-0.05, 0) is 31.0 Å². The maximum atomic E-state index is 9.26. The highest BCUT2D eigenvalue weighted by molar-refractivity contribution is 5.75. The lowest BCUT2D eigenvalue weighted by atomic mass is 10.1. The van der Waals surface area contributed by atoms with Crippen LogP contribution in [0.15, 0.2) is 24.5 Å². The normalized spacial score (nSPS) is 13.4. The number of hydrogen-bond donors (Lipinski definition) is 1. The second-order valence-corrected chi connectivity index (χ2v) is 3.73. The molecule has 1 atom stereocenters. The summed E-state index contributed by atoms with van der Waals surface area (Å²) in [6.45, 7) is 1.79. The summed E-state index contributed by atoms with van der Waals surface area (Å²) in [7, 11) is 1.98. The average Bonchev–Trinajstić information content (AvgIpc) is 2.46. The largest absolute Gasteiger partial charge is 0.393 e. The monoisotopic (exact) mass is 190 g/mol. The van der Waals surface area contributed by atoms with E-state index < -0.39 is 0 Å². The molecule has 0 aliphatic rings. The van der Waals surface area contributed by atoms with Gasteiger partial charge in [-0.15, -0.1) is 0 Å². The Balaban J connectivity index is 2.42. The number of hydrogen-bond acceptors (Lipinski definition) is 2. The van der Waals surface area contributed by atoms with Crippen LogP contribution in [0.1, 0.15) is 12.5 Å². The van der Waals surface area contributed by atoms with Crippen LogP contribution < -0.4 is 0 Å². The number of aryl methyl sites for hydroxylation is 1. The second kappa shape index (κ2) is 3.42. The Morgan fingerprint density at radius 3 is 3.00 bits per heavy atom. The van der Waals surface area contributed by atoms with Gasteiger partial charge in [0.25, 0.3) is 0 Å².